The summed E-state index contributed by atoms with van der Waals surface area (Å²) >= 11 is 6.64. The Morgan fingerprint density at radius 3 is 2.43 bits per heavy atom. The number of rotatable bonds is 5. The Morgan fingerprint density at radius 1 is 1.00 bits per heavy atom. The van der Waals surface area contributed by atoms with E-state index in [-0.39, 0.29) is 16.0 Å². The third kappa shape index (κ3) is 3.76. The second kappa shape index (κ2) is 8.03. The largest absolute Gasteiger partial charge is 0.349 e. The first kappa shape index (κ1) is 23.2. The Balaban J connectivity index is 1.31. The zero-order chi connectivity index (χ0) is 25.4. The zero-order valence-corrected chi connectivity index (χ0v) is 21.8. The standard InChI is InChI=1S/C28H28ClN5O2S/c29-23-15-31-26(33-28-13-18-10-19(14-28)12-27(30,11-18)17-28)32-25(23)22-16-34(24-9-5-4-8-21(22)24)37(35,36)20-6-2-1-3-7-20/h1-9,15-16,18-19H,10-14,17,30H2,(H,31,32,33). The third-order valence-corrected chi connectivity index (χ3v) is 10.4. The topological polar surface area (TPSA) is 103 Å². The molecule has 0 spiro atoms. The number of nitrogens with zero attached hydrogens (tertiary/aromatic N) is 3. The minimum atomic E-state index is -3.82. The normalized spacial score (nSPS) is 28.6. The lowest BCUT2D eigenvalue weighted by Crippen LogP contribution is -2.65. The first-order valence-electron chi connectivity index (χ1n) is 12.7. The number of anilines is 1. The van der Waals surface area contributed by atoms with Crippen LogP contribution in [-0.4, -0.2) is 33.4 Å². The number of fused-ring (bicyclic) bond motifs is 1. The van der Waals surface area contributed by atoms with Crippen molar-refractivity contribution in [1.29, 1.82) is 0 Å². The van der Waals surface area contributed by atoms with Gasteiger partial charge in [-0.05, 0) is 68.6 Å². The Labute approximate surface area is 221 Å². The Hall–Kier alpha value is -2.94. The van der Waals surface area contributed by atoms with Crippen molar-refractivity contribution in [1.82, 2.24) is 13.9 Å². The number of hydrogen-bond acceptors (Lipinski definition) is 6. The second-order valence-electron chi connectivity index (χ2n) is 11.3. The van der Waals surface area contributed by atoms with Gasteiger partial charge in [0.2, 0.25) is 5.95 Å². The molecule has 2 aromatic carbocycles. The van der Waals surface area contributed by atoms with Crippen LogP contribution in [0.4, 0.5) is 5.95 Å². The summed E-state index contributed by atoms with van der Waals surface area (Å²) in [5.41, 5.74) is 8.30. The lowest BCUT2D eigenvalue weighted by Gasteiger charge is -2.61. The van der Waals surface area contributed by atoms with E-state index in [1.807, 2.05) is 18.2 Å². The van der Waals surface area contributed by atoms with Gasteiger partial charge in [0, 0.05) is 28.2 Å². The fourth-order valence-electron chi connectivity index (χ4n) is 7.58. The molecule has 2 unspecified atom stereocenters. The van der Waals surface area contributed by atoms with Crippen molar-refractivity contribution in [2.24, 2.45) is 17.6 Å². The van der Waals surface area contributed by atoms with Gasteiger partial charge in [-0.3, -0.25) is 0 Å². The predicted octanol–water partition coefficient (Wildman–Crippen LogP) is 5.45. The lowest BCUT2D eigenvalue weighted by molar-refractivity contribution is -0.00807. The molecular formula is C28H28ClN5O2S. The molecule has 4 aliphatic carbocycles. The third-order valence-electron chi connectivity index (χ3n) is 8.46. The van der Waals surface area contributed by atoms with Gasteiger partial charge in [0.1, 0.15) is 0 Å². The van der Waals surface area contributed by atoms with Crippen LogP contribution in [0.15, 0.2) is 71.9 Å². The summed E-state index contributed by atoms with van der Waals surface area (Å²) in [6.07, 6.45) is 9.78. The van der Waals surface area contributed by atoms with E-state index in [4.69, 9.17) is 22.3 Å². The van der Waals surface area contributed by atoms with Gasteiger partial charge in [-0.1, -0.05) is 48.0 Å². The van der Waals surface area contributed by atoms with E-state index in [1.54, 1.807) is 48.8 Å². The molecule has 4 fully saturated rings. The highest BCUT2D eigenvalue weighted by atomic mass is 35.5. The molecule has 8 rings (SSSR count). The molecule has 4 aromatic rings. The fraction of sp³-hybridized carbons (Fsp3) is 0.357. The van der Waals surface area contributed by atoms with E-state index in [0.29, 0.717) is 39.6 Å². The molecule has 3 N–H and O–H groups in total. The molecule has 2 heterocycles. The molecule has 190 valence electrons. The van der Waals surface area contributed by atoms with Crippen LogP contribution < -0.4 is 11.1 Å². The van der Waals surface area contributed by atoms with Gasteiger partial charge < -0.3 is 11.1 Å². The SMILES string of the molecule is NC12CC3CC(C1)CC(Nc1ncc(Cl)c(-c4cn(S(=O)(=O)c5ccccc5)c5ccccc45)n1)(C3)C2. The maximum atomic E-state index is 13.6. The van der Waals surface area contributed by atoms with Crippen molar-refractivity contribution in [3.05, 3.63) is 72.0 Å². The van der Waals surface area contributed by atoms with E-state index in [0.717, 1.165) is 37.5 Å². The minimum Gasteiger partial charge on any atom is -0.349 e. The summed E-state index contributed by atoms with van der Waals surface area (Å²) in [7, 11) is -3.82. The highest BCUT2D eigenvalue weighted by Crippen LogP contribution is 2.57. The van der Waals surface area contributed by atoms with Crippen LogP contribution in [-0.2, 0) is 10.0 Å². The number of benzene rings is 2. The number of nitrogens with one attached hydrogen (secondary N) is 1. The number of aromatic nitrogens is 3. The van der Waals surface area contributed by atoms with E-state index >= 15 is 0 Å². The van der Waals surface area contributed by atoms with E-state index in [9.17, 15) is 8.42 Å². The summed E-state index contributed by atoms with van der Waals surface area (Å²) in [4.78, 5) is 9.60. The summed E-state index contributed by atoms with van der Waals surface area (Å²) in [5.74, 6) is 1.80. The van der Waals surface area contributed by atoms with Gasteiger partial charge in [0.05, 0.1) is 27.3 Å². The van der Waals surface area contributed by atoms with Gasteiger partial charge in [-0.15, -0.1) is 0 Å². The first-order chi connectivity index (χ1) is 17.7. The molecule has 4 saturated carbocycles. The fourth-order valence-corrected chi connectivity index (χ4v) is 9.16. The maximum Gasteiger partial charge on any atom is 0.268 e. The molecule has 9 heteroatoms. The Kier molecular flexibility index (Phi) is 5.03. The molecule has 4 bridgehead atoms. The smallest absolute Gasteiger partial charge is 0.268 e. The van der Waals surface area contributed by atoms with Gasteiger partial charge >= 0.3 is 0 Å². The molecule has 7 nitrogen and oxygen atoms in total. The van der Waals surface area contributed by atoms with Crippen LogP contribution in [0.1, 0.15) is 38.5 Å². The maximum absolute atomic E-state index is 13.6. The van der Waals surface area contributed by atoms with Crippen molar-refractivity contribution < 1.29 is 8.42 Å². The molecule has 0 amide bonds. The van der Waals surface area contributed by atoms with Crippen LogP contribution in [0.2, 0.25) is 5.02 Å². The molecule has 2 aromatic heterocycles. The van der Waals surface area contributed by atoms with E-state index in [2.05, 4.69) is 10.3 Å². The Bertz CT molecular complexity index is 1620. The van der Waals surface area contributed by atoms with Crippen molar-refractivity contribution in [2.45, 2.75) is 54.5 Å². The van der Waals surface area contributed by atoms with Gasteiger partial charge in [0.15, 0.2) is 0 Å². The summed E-state index contributed by atoms with van der Waals surface area (Å²) in [6, 6.07) is 15.8. The second-order valence-corrected chi connectivity index (χ2v) is 13.5. The number of para-hydroxylation sites is 1. The number of halogens is 1. The summed E-state index contributed by atoms with van der Waals surface area (Å²) < 4.78 is 28.4. The number of nitrogens with two attached hydrogens (primary N) is 1. The highest BCUT2D eigenvalue weighted by Gasteiger charge is 2.56. The van der Waals surface area contributed by atoms with E-state index in [1.165, 1.54) is 10.4 Å². The lowest BCUT2D eigenvalue weighted by atomic mass is 9.50. The molecule has 37 heavy (non-hydrogen) atoms. The molecule has 2 atom stereocenters. The van der Waals surface area contributed by atoms with Crippen LogP contribution >= 0.6 is 11.6 Å². The van der Waals surface area contributed by atoms with Gasteiger partial charge in [0.25, 0.3) is 10.0 Å². The van der Waals surface area contributed by atoms with E-state index < -0.39 is 10.0 Å². The van der Waals surface area contributed by atoms with Crippen molar-refractivity contribution in [2.75, 3.05) is 5.32 Å². The van der Waals surface area contributed by atoms with Crippen molar-refractivity contribution in [3.8, 4) is 11.3 Å². The Morgan fingerprint density at radius 2 is 1.70 bits per heavy atom. The quantitative estimate of drug-likeness (QED) is 0.353. The first-order valence-corrected chi connectivity index (χ1v) is 14.6. The minimum absolute atomic E-state index is 0.103. The zero-order valence-electron chi connectivity index (χ0n) is 20.3. The summed E-state index contributed by atoms with van der Waals surface area (Å²) in [6.45, 7) is 0. The van der Waals surface area contributed by atoms with Crippen LogP contribution in [0.25, 0.3) is 22.2 Å². The highest BCUT2D eigenvalue weighted by molar-refractivity contribution is 7.90. The average molecular weight is 534 g/mol. The van der Waals surface area contributed by atoms with Crippen LogP contribution in [0.3, 0.4) is 0 Å². The van der Waals surface area contributed by atoms with Gasteiger partial charge in [-0.2, -0.15) is 0 Å². The molecular weight excluding hydrogens is 506 g/mol. The van der Waals surface area contributed by atoms with Crippen molar-refractivity contribution >= 4 is 38.5 Å². The predicted molar refractivity (Wildman–Crippen MR) is 145 cm³/mol. The summed E-state index contributed by atoms with van der Waals surface area (Å²) in [5, 5.41) is 4.80. The number of hydrogen-bond donors (Lipinski definition) is 2. The molecule has 0 saturated heterocycles. The van der Waals surface area contributed by atoms with Crippen LogP contribution in [0, 0.1) is 11.8 Å². The average Bonchev–Trinajstić information content (AvgIpc) is 3.24. The molecule has 0 radical (unpaired) electrons. The molecule has 0 aliphatic heterocycles. The van der Waals surface area contributed by atoms with Gasteiger partial charge in [-0.25, -0.2) is 22.4 Å². The monoisotopic (exact) mass is 533 g/mol. The van der Waals surface area contributed by atoms with Crippen molar-refractivity contribution in [3.63, 3.8) is 0 Å². The molecule has 4 aliphatic rings. The van der Waals surface area contributed by atoms with Crippen LogP contribution in [0.5, 0.6) is 0 Å².